The maximum Gasteiger partial charge on any atom is 0.286 e. The van der Waals surface area contributed by atoms with E-state index in [9.17, 15) is 4.79 Å². The Labute approximate surface area is 154 Å². The molecule has 1 aromatic heterocycles. The molecule has 3 rings (SSSR count). The topological polar surface area (TPSA) is 67.9 Å². The first-order valence-corrected chi connectivity index (χ1v) is 8.77. The van der Waals surface area contributed by atoms with Gasteiger partial charge in [0.25, 0.3) is 5.56 Å². The molecular weight excluding hydrogens is 382 g/mol. The second kappa shape index (κ2) is 7.61. The van der Waals surface area contributed by atoms with Crippen molar-refractivity contribution in [1.82, 2.24) is 15.2 Å². The molecule has 3 aromatic rings. The minimum absolute atomic E-state index is 0.129. The van der Waals surface area contributed by atoms with Crippen LogP contribution in [0.4, 0.5) is 0 Å². The lowest BCUT2D eigenvalue weighted by Crippen LogP contribution is -2.18. The largest absolute Gasteiger partial charge is 0.491 e. The summed E-state index contributed by atoms with van der Waals surface area (Å²) in [5.41, 5.74) is 2.00. The fourth-order valence-electron chi connectivity index (χ4n) is 2.37. The number of hydrogen-bond acceptors (Lipinski definition) is 4. The van der Waals surface area contributed by atoms with Crippen LogP contribution >= 0.6 is 15.9 Å². The van der Waals surface area contributed by atoms with Gasteiger partial charge in [-0.05, 0) is 43.7 Å². The van der Waals surface area contributed by atoms with Crippen molar-refractivity contribution in [2.75, 3.05) is 0 Å². The summed E-state index contributed by atoms with van der Waals surface area (Å²) < 4.78 is 6.61. The van der Waals surface area contributed by atoms with Gasteiger partial charge in [0.2, 0.25) is 0 Å². The summed E-state index contributed by atoms with van der Waals surface area (Å²) in [5, 5.41) is 6.58. The lowest BCUT2D eigenvalue weighted by Gasteiger charge is -2.10. The fraction of sp³-hybridized carbons (Fsp3) is 0.211. The van der Waals surface area contributed by atoms with E-state index in [4.69, 9.17) is 4.74 Å². The summed E-state index contributed by atoms with van der Waals surface area (Å²) in [6.45, 7) is 3.97. The molecule has 2 aromatic carbocycles. The Bertz CT molecular complexity index is 903. The van der Waals surface area contributed by atoms with Gasteiger partial charge >= 0.3 is 0 Å². The van der Waals surface area contributed by atoms with Gasteiger partial charge in [0.15, 0.2) is 5.82 Å². The molecule has 0 saturated carbocycles. The van der Waals surface area contributed by atoms with Crippen LogP contribution in [0.1, 0.15) is 25.1 Å². The summed E-state index contributed by atoms with van der Waals surface area (Å²) in [7, 11) is 0. The Morgan fingerprint density at radius 2 is 1.76 bits per heavy atom. The second-order valence-corrected chi connectivity index (χ2v) is 6.84. The van der Waals surface area contributed by atoms with Crippen LogP contribution in [0.3, 0.4) is 0 Å². The Morgan fingerprint density at radius 1 is 1.08 bits per heavy atom. The van der Waals surface area contributed by atoms with E-state index in [1.54, 1.807) is 0 Å². The van der Waals surface area contributed by atoms with Gasteiger partial charge in [0.05, 0.1) is 6.10 Å². The minimum atomic E-state index is -0.275. The summed E-state index contributed by atoms with van der Waals surface area (Å²) in [6, 6.07) is 15.3. The van der Waals surface area contributed by atoms with Crippen molar-refractivity contribution in [2.45, 2.75) is 26.4 Å². The van der Waals surface area contributed by atoms with Crippen LogP contribution in [-0.2, 0) is 6.42 Å². The molecule has 0 aliphatic heterocycles. The van der Waals surface area contributed by atoms with Crippen LogP contribution in [-0.4, -0.2) is 21.3 Å². The molecule has 6 heteroatoms. The predicted octanol–water partition coefficient (Wildman–Crippen LogP) is 3.97. The smallest absolute Gasteiger partial charge is 0.286 e. The van der Waals surface area contributed by atoms with Crippen molar-refractivity contribution >= 4 is 15.9 Å². The van der Waals surface area contributed by atoms with Crippen LogP contribution < -0.4 is 10.3 Å². The first kappa shape index (κ1) is 17.4. The first-order chi connectivity index (χ1) is 12.0. The molecule has 0 aliphatic carbocycles. The van der Waals surface area contributed by atoms with Gasteiger partial charge in [0.1, 0.15) is 11.4 Å². The molecule has 0 aliphatic rings. The van der Waals surface area contributed by atoms with E-state index >= 15 is 0 Å². The number of aromatic nitrogens is 3. The zero-order valence-corrected chi connectivity index (χ0v) is 15.6. The van der Waals surface area contributed by atoms with Gasteiger partial charge in [0, 0.05) is 16.5 Å². The molecule has 25 heavy (non-hydrogen) atoms. The average Bonchev–Trinajstić information content (AvgIpc) is 2.59. The number of hydrogen-bond donors (Lipinski definition) is 1. The molecule has 0 radical (unpaired) electrons. The molecular formula is C19H18BrN3O2. The van der Waals surface area contributed by atoms with Crippen molar-refractivity contribution < 1.29 is 4.74 Å². The van der Waals surface area contributed by atoms with Gasteiger partial charge in [-0.3, -0.25) is 4.79 Å². The fourth-order valence-corrected chi connectivity index (χ4v) is 2.64. The van der Waals surface area contributed by atoms with Crippen molar-refractivity contribution in [3.63, 3.8) is 0 Å². The number of ether oxygens (including phenoxy) is 1. The third-order valence-electron chi connectivity index (χ3n) is 3.54. The molecule has 0 amide bonds. The Hall–Kier alpha value is -2.47. The molecule has 0 spiro atoms. The number of aromatic amines is 1. The molecule has 0 atom stereocenters. The third kappa shape index (κ3) is 4.54. The van der Waals surface area contributed by atoms with E-state index in [0.717, 1.165) is 21.3 Å². The molecule has 0 saturated heterocycles. The normalized spacial score (nSPS) is 10.9. The predicted molar refractivity (Wildman–Crippen MR) is 101 cm³/mol. The summed E-state index contributed by atoms with van der Waals surface area (Å²) in [4.78, 5) is 16.5. The van der Waals surface area contributed by atoms with Crippen molar-refractivity contribution in [1.29, 1.82) is 0 Å². The zero-order chi connectivity index (χ0) is 17.8. The number of nitrogens with one attached hydrogen (secondary N) is 1. The summed E-state index contributed by atoms with van der Waals surface area (Å²) in [5.74, 6) is 1.31. The summed E-state index contributed by atoms with van der Waals surface area (Å²) in [6.07, 6.45) is 0.563. The maximum absolute atomic E-state index is 12.1. The molecule has 0 bridgehead atoms. The Balaban J connectivity index is 1.83. The van der Waals surface area contributed by atoms with Crippen LogP contribution in [0, 0.1) is 0 Å². The van der Waals surface area contributed by atoms with Crippen molar-refractivity contribution in [3.05, 3.63) is 74.6 Å². The van der Waals surface area contributed by atoms with Crippen molar-refractivity contribution in [2.24, 2.45) is 0 Å². The van der Waals surface area contributed by atoms with Gasteiger partial charge in [-0.15, -0.1) is 0 Å². The first-order valence-electron chi connectivity index (χ1n) is 7.98. The average molecular weight is 400 g/mol. The molecule has 5 nitrogen and oxygen atoms in total. The molecule has 1 heterocycles. The van der Waals surface area contributed by atoms with Gasteiger partial charge < -0.3 is 4.74 Å². The molecule has 0 unspecified atom stereocenters. The highest BCUT2D eigenvalue weighted by atomic mass is 79.9. The number of halogens is 1. The Kier molecular flexibility index (Phi) is 5.28. The Morgan fingerprint density at radius 3 is 2.40 bits per heavy atom. The molecule has 128 valence electrons. The van der Waals surface area contributed by atoms with E-state index < -0.39 is 0 Å². The second-order valence-electron chi connectivity index (χ2n) is 5.93. The van der Waals surface area contributed by atoms with Crippen LogP contribution in [0.25, 0.3) is 11.4 Å². The standard InChI is InChI=1S/C19H18BrN3O2/c1-12(2)25-16-9-3-13(4-10-16)11-17-19(24)23-22-18(21-17)14-5-7-15(20)8-6-14/h3-10,12H,11H2,1-2H3,(H,23,24). The highest BCUT2D eigenvalue weighted by Gasteiger charge is 2.09. The third-order valence-corrected chi connectivity index (χ3v) is 4.06. The maximum atomic E-state index is 12.1. The van der Waals surface area contributed by atoms with E-state index in [2.05, 4.69) is 31.1 Å². The highest BCUT2D eigenvalue weighted by molar-refractivity contribution is 9.10. The number of rotatable bonds is 5. The summed E-state index contributed by atoms with van der Waals surface area (Å²) >= 11 is 3.40. The zero-order valence-electron chi connectivity index (χ0n) is 14.0. The number of H-pyrrole nitrogens is 1. The number of benzene rings is 2. The van der Waals surface area contributed by atoms with E-state index in [-0.39, 0.29) is 11.7 Å². The van der Waals surface area contributed by atoms with E-state index in [1.807, 2.05) is 62.4 Å². The lowest BCUT2D eigenvalue weighted by molar-refractivity contribution is 0.242. The van der Waals surface area contributed by atoms with Gasteiger partial charge in [-0.25, -0.2) is 10.1 Å². The van der Waals surface area contributed by atoms with Gasteiger partial charge in [-0.2, -0.15) is 5.10 Å². The monoisotopic (exact) mass is 399 g/mol. The van der Waals surface area contributed by atoms with Crippen molar-refractivity contribution in [3.8, 4) is 17.1 Å². The van der Waals surface area contributed by atoms with Gasteiger partial charge in [-0.1, -0.05) is 40.2 Å². The highest BCUT2D eigenvalue weighted by Crippen LogP contribution is 2.19. The van der Waals surface area contributed by atoms with Crippen LogP contribution in [0.15, 0.2) is 57.8 Å². The van der Waals surface area contributed by atoms with E-state index in [0.29, 0.717) is 17.9 Å². The van der Waals surface area contributed by atoms with Crippen LogP contribution in [0.2, 0.25) is 0 Å². The lowest BCUT2D eigenvalue weighted by atomic mass is 10.1. The van der Waals surface area contributed by atoms with Crippen LogP contribution in [0.5, 0.6) is 5.75 Å². The van der Waals surface area contributed by atoms with E-state index in [1.165, 1.54) is 0 Å². The molecule has 1 N–H and O–H groups in total. The molecule has 0 fully saturated rings. The number of nitrogens with zero attached hydrogens (tertiary/aromatic N) is 2. The minimum Gasteiger partial charge on any atom is -0.491 e. The SMILES string of the molecule is CC(C)Oc1ccc(Cc2nc(-c3ccc(Br)cc3)n[nH]c2=O)cc1. The quantitative estimate of drug-likeness (QED) is 0.704.